The van der Waals surface area contributed by atoms with Gasteiger partial charge in [0.25, 0.3) is 0 Å². The summed E-state index contributed by atoms with van der Waals surface area (Å²) in [4.78, 5) is 0. The molecule has 0 aliphatic heterocycles. The van der Waals surface area contributed by atoms with E-state index in [4.69, 9.17) is 0 Å². The summed E-state index contributed by atoms with van der Waals surface area (Å²) in [6.07, 6.45) is 5.87. The van der Waals surface area contributed by atoms with Crippen LogP contribution in [0.4, 0.5) is 0 Å². The lowest BCUT2D eigenvalue weighted by atomic mass is 9.44. The van der Waals surface area contributed by atoms with Crippen molar-refractivity contribution in [1.29, 1.82) is 10.5 Å². The van der Waals surface area contributed by atoms with Crippen molar-refractivity contribution < 1.29 is 0 Å². The number of nitrogens with zero attached hydrogens (tertiary/aromatic N) is 4. The first-order chi connectivity index (χ1) is 36.6. The zero-order chi connectivity index (χ0) is 51.7. The molecule has 4 nitrogen and oxygen atoms in total. The number of hydrogen-bond donors (Lipinski definition) is 0. The molecule has 8 aliphatic rings. The summed E-state index contributed by atoms with van der Waals surface area (Å²) in [6, 6.07) is 48.3. The molecule has 4 bridgehead atoms. The predicted molar refractivity (Wildman–Crippen MR) is 311 cm³/mol. The summed E-state index contributed by atoms with van der Waals surface area (Å²) < 4.78 is 5.21. The number of benzene rings is 7. The van der Waals surface area contributed by atoms with Crippen LogP contribution in [0, 0.1) is 46.8 Å². The maximum Gasteiger partial charge on any atom is 0.0998 e. The van der Waals surface area contributed by atoms with Crippen molar-refractivity contribution in [2.75, 3.05) is 0 Å². The third kappa shape index (κ3) is 4.66. The van der Waals surface area contributed by atoms with Crippen LogP contribution in [0.5, 0.6) is 0 Å². The second-order valence-corrected chi connectivity index (χ2v) is 26.3. The van der Waals surface area contributed by atoms with Crippen LogP contribution in [-0.2, 0) is 10.8 Å². The fraction of sp³-hybridized carbons (Fsp3) is 0.278. The highest BCUT2D eigenvalue weighted by atomic mass is 14.9. The number of aryl methyl sites for hydroxylation is 1. The van der Waals surface area contributed by atoms with Crippen LogP contribution in [0.2, 0.25) is 0 Å². The Balaban J connectivity index is 1.07. The van der Waals surface area contributed by atoms with Crippen LogP contribution in [0.15, 0.2) is 132 Å². The van der Waals surface area contributed by atoms with Crippen molar-refractivity contribution in [1.82, 2.24) is 8.80 Å². The lowest BCUT2D eigenvalue weighted by molar-refractivity contribution is 0.288. The van der Waals surface area contributed by atoms with E-state index in [1.54, 1.807) is 5.57 Å². The molecule has 5 unspecified atom stereocenters. The van der Waals surface area contributed by atoms with Gasteiger partial charge < -0.3 is 8.80 Å². The third-order valence-corrected chi connectivity index (χ3v) is 20.7. The average Bonchev–Trinajstić information content (AvgIpc) is 4.24. The molecule has 0 saturated carbocycles. The Bertz CT molecular complexity index is 4870. The number of aromatic nitrogens is 2. The van der Waals surface area contributed by atoms with Gasteiger partial charge in [0.05, 0.1) is 56.6 Å². The van der Waals surface area contributed by atoms with Gasteiger partial charge in [0, 0.05) is 72.0 Å². The molecule has 5 atom stereocenters. The maximum atomic E-state index is 11.8. The van der Waals surface area contributed by atoms with Crippen LogP contribution in [0.1, 0.15) is 159 Å². The van der Waals surface area contributed by atoms with Crippen LogP contribution in [0.3, 0.4) is 0 Å². The van der Waals surface area contributed by atoms with Gasteiger partial charge in [-0.2, -0.15) is 10.5 Å². The van der Waals surface area contributed by atoms with Crippen LogP contribution >= 0.6 is 0 Å². The monoisotopic (exact) mass is 978 g/mol. The normalized spacial score (nSPS) is 24.0. The van der Waals surface area contributed by atoms with Crippen molar-refractivity contribution in [3.63, 3.8) is 0 Å². The molecule has 7 aromatic carbocycles. The van der Waals surface area contributed by atoms with Gasteiger partial charge in [0.2, 0.25) is 0 Å². The van der Waals surface area contributed by atoms with Crippen molar-refractivity contribution in [2.45, 2.75) is 110 Å². The summed E-state index contributed by atoms with van der Waals surface area (Å²) in [6.45, 7) is 23.6. The molecule has 0 radical (unpaired) electrons. The smallest absolute Gasteiger partial charge is 0.0998 e. The van der Waals surface area contributed by atoms with Crippen molar-refractivity contribution in [3.8, 4) is 12.1 Å². The summed E-state index contributed by atoms with van der Waals surface area (Å²) in [5.74, 6) is 0.271. The Morgan fingerprint density at radius 1 is 0.592 bits per heavy atom. The van der Waals surface area contributed by atoms with Crippen LogP contribution in [-0.4, -0.2) is 8.80 Å². The standard InChI is InChI=1S/C72H58N4/c1-34-18-17-25-45-56(34)60-43-23-15-16-24-44(43)64(45)72(10)53(33-74)36(3)67-62(65(60)72)51-29-38(71(7,8)9)27-49-47-30-54-46(31-55(47)76(67)69(49)51)48-26-37(70(4,5)6)28-50-61-63-58-41-21-13-11-19-39(41)57(40-20-12-14-22-42(40)58)59(63)52(32-73)35(2)66(61)75(54)68(48)50/h11-17,19-31,34,53,57-58,60,64H,18H2,1-10H3. The molecule has 0 spiro atoms. The molecule has 4 heterocycles. The molecular weight excluding hydrogens is 921 g/mol. The first kappa shape index (κ1) is 43.3. The minimum atomic E-state index is -0.436. The molecule has 19 rings (SSSR count). The first-order valence-corrected chi connectivity index (χ1v) is 27.9. The quantitative estimate of drug-likeness (QED) is 0.152. The largest absolute Gasteiger partial charge is 0.308 e. The van der Waals surface area contributed by atoms with E-state index in [0.717, 1.165) is 23.1 Å². The molecule has 0 N–H and O–H groups in total. The summed E-state index contributed by atoms with van der Waals surface area (Å²) in [7, 11) is 0. The van der Waals surface area contributed by atoms with E-state index in [0.29, 0.717) is 5.92 Å². The van der Waals surface area contributed by atoms with E-state index in [2.05, 4.69) is 212 Å². The second kappa shape index (κ2) is 13.5. The molecular formula is C72H58N4. The van der Waals surface area contributed by atoms with Gasteiger partial charge in [0.1, 0.15) is 0 Å². The SMILES string of the molecule is CC1=c2c(c3cc(C(C)(C)C)cc4c5cc6c(cc5n2c34)c2cc(C(C)(C)C)cc3c4c5c(c(C#N)c(C)c4n6c23)C2c3ccccc3C5c3ccccc32)=C2C3C4=C(C=CCC4C)C(c4ccccc43)C2(C)C1C#N. The van der Waals surface area contributed by atoms with E-state index in [1.165, 1.54) is 143 Å². The highest BCUT2D eigenvalue weighted by Crippen LogP contribution is 2.70. The maximum absolute atomic E-state index is 11.8. The zero-order valence-corrected chi connectivity index (χ0v) is 45.0. The summed E-state index contributed by atoms with van der Waals surface area (Å²) in [5.41, 5.74) is 26.2. The Morgan fingerprint density at radius 3 is 1.67 bits per heavy atom. The predicted octanol–water partition coefficient (Wildman–Crippen LogP) is 15.9. The number of nitriles is 2. The fourth-order valence-electron chi connectivity index (χ4n) is 17.6. The Kier molecular flexibility index (Phi) is 7.72. The molecule has 76 heavy (non-hydrogen) atoms. The van der Waals surface area contributed by atoms with Crippen LogP contribution in [0.25, 0.3) is 76.4 Å². The van der Waals surface area contributed by atoms with E-state index in [9.17, 15) is 10.5 Å². The van der Waals surface area contributed by atoms with Gasteiger partial charge >= 0.3 is 0 Å². The molecule has 4 aromatic heterocycles. The van der Waals surface area contributed by atoms with E-state index >= 15 is 0 Å². The van der Waals surface area contributed by atoms with Gasteiger partial charge in [0.15, 0.2) is 0 Å². The van der Waals surface area contributed by atoms with Crippen molar-refractivity contribution >= 4 is 76.4 Å². The van der Waals surface area contributed by atoms with E-state index in [-0.39, 0.29) is 40.4 Å². The Labute approximate surface area is 442 Å². The number of rotatable bonds is 0. The molecule has 11 aromatic rings. The lowest BCUT2D eigenvalue weighted by Gasteiger charge is -2.58. The minimum absolute atomic E-state index is 0.0114. The highest BCUT2D eigenvalue weighted by Gasteiger charge is 2.60. The van der Waals surface area contributed by atoms with Gasteiger partial charge in [-0.15, -0.1) is 0 Å². The summed E-state index contributed by atoms with van der Waals surface area (Å²) in [5, 5.41) is 34.8. The van der Waals surface area contributed by atoms with E-state index < -0.39 is 5.41 Å². The highest BCUT2D eigenvalue weighted by molar-refractivity contribution is 6.28. The average molecular weight is 979 g/mol. The molecule has 0 saturated heterocycles. The topological polar surface area (TPSA) is 56.4 Å². The summed E-state index contributed by atoms with van der Waals surface area (Å²) >= 11 is 0. The van der Waals surface area contributed by atoms with Crippen molar-refractivity contribution in [3.05, 3.63) is 210 Å². The molecule has 0 amide bonds. The third-order valence-electron chi connectivity index (χ3n) is 20.7. The minimum Gasteiger partial charge on any atom is -0.308 e. The van der Waals surface area contributed by atoms with Crippen molar-refractivity contribution in [2.24, 2.45) is 17.3 Å². The number of hydrogen-bond acceptors (Lipinski definition) is 2. The van der Waals surface area contributed by atoms with Crippen LogP contribution < -0.4 is 10.6 Å². The van der Waals surface area contributed by atoms with Gasteiger partial charge in [-0.25, -0.2) is 0 Å². The van der Waals surface area contributed by atoms with Gasteiger partial charge in [-0.05, 0) is 151 Å². The second-order valence-electron chi connectivity index (χ2n) is 26.3. The zero-order valence-electron chi connectivity index (χ0n) is 45.0. The lowest BCUT2D eigenvalue weighted by Crippen LogP contribution is -2.54. The Morgan fingerprint density at radius 2 is 1.11 bits per heavy atom. The number of fused-ring (bicyclic) bond motifs is 12. The molecule has 4 heteroatoms. The van der Waals surface area contributed by atoms with Gasteiger partial charge in [-0.3, -0.25) is 0 Å². The fourth-order valence-corrected chi connectivity index (χ4v) is 17.6. The molecule has 8 aliphatic carbocycles. The molecule has 366 valence electrons. The Hall–Kier alpha value is -7.92. The van der Waals surface area contributed by atoms with E-state index in [1.807, 2.05) is 0 Å². The molecule has 0 fully saturated rings. The van der Waals surface area contributed by atoms with Gasteiger partial charge in [-0.1, -0.05) is 146 Å². The number of allylic oxidation sites excluding steroid dienone is 4. The first-order valence-electron chi connectivity index (χ1n) is 27.9.